The zero-order valence-electron chi connectivity index (χ0n) is 12.5. The number of hydrogen-bond acceptors (Lipinski definition) is 3. The van der Waals surface area contributed by atoms with E-state index in [-0.39, 0.29) is 0 Å². The van der Waals surface area contributed by atoms with E-state index in [4.69, 9.17) is 5.26 Å². The summed E-state index contributed by atoms with van der Waals surface area (Å²) in [5.41, 5.74) is 2.63. The Hall–Kier alpha value is -1.53. The Bertz CT molecular complexity index is 484. The van der Waals surface area contributed by atoms with Gasteiger partial charge in [0.25, 0.3) is 0 Å². The van der Waals surface area contributed by atoms with Crippen molar-refractivity contribution in [1.82, 2.24) is 0 Å². The summed E-state index contributed by atoms with van der Waals surface area (Å²) in [5, 5.41) is 19.1. The normalized spacial score (nSPS) is 17.5. The van der Waals surface area contributed by atoms with Gasteiger partial charge in [-0.05, 0) is 38.8 Å². The van der Waals surface area contributed by atoms with Gasteiger partial charge in [-0.25, -0.2) is 0 Å². The van der Waals surface area contributed by atoms with Gasteiger partial charge in [0.15, 0.2) is 0 Å². The Morgan fingerprint density at radius 2 is 2.05 bits per heavy atom. The largest absolute Gasteiger partial charge is 0.389 e. The van der Waals surface area contributed by atoms with Crippen LogP contribution in [0.5, 0.6) is 0 Å². The van der Waals surface area contributed by atoms with Crippen molar-refractivity contribution in [2.24, 2.45) is 0 Å². The Balaban J connectivity index is 2.38. The lowest BCUT2D eigenvalue weighted by Crippen LogP contribution is -2.37. The van der Waals surface area contributed by atoms with Crippen LogP contribution in [0.2, 0.25) is 0 Å². The van der Waals surface area contributed by atoms with E-state index in [1.54, 1.807) is 13.0 Å². The Morgan fingerprint density at radius 1 is 1.35 bits per heavy atom. The lowest BCUT2D eigenvalue weighted by molar-refractivity contribution is 0.199. The predicted octanol–water partition coefficient (Wildman–Crippen LogP) is 3.77. The lowest BCUT2D eigenvalue weighted by atomic mass is 9.92. The molecular formula is C17H24N2O. The van der Waals surface area contributed by atoms with E-state index < -0.39 is 6.10 Å². The van der Waals surface area contributed by atoms with E-state index in [2.05, 4.69) is 17.9 Å². The molecule has 1 atom stereocenters. The minimum Gasteiger partial charge on any atom is -0.389 e. The molecule has 1 N–H and O–H groups in total. The SMILES string of the molecule is CCN(c1cc(C#N)ccc1C(C)O)C1CCCCC1. The molecule has 0 bridgehead atoms. The first kappa shape index (κ1) is 14.9. The van der Waals surface area contributed by atoms with Crippen molar-refractivity contribution in [3.05, 3.63) is 29.3 Å². The van der Waals surface area contributed by atoms with Gasteiger partial charge in [0.2, 0.25) is 0 Å². The van der Waals surface area contributed by atoms with Crippen LogP contribution in [-0.2, 0) is 0 Å². The van der Waals surface area contributed by atoms with Crippen molar-refractivity contribution < 1.29 is 5.11 Å². The zero-order chi connectivity index (χ0) is 14.5. The van der Waals surface area contributed by atoms with Crippen LogP contribution in [0.25, 0.3) is 0 Å². The molecule has 3 nitrogen and oxygen atoms in total. The third-order valence-corrected chi connectivity index (χ3v) is 4.28. The summed E-state index contributed by atoms with van der Waals surface area (Å²) in [6, 6.07) is 8.36. The van der Waals surface area contributed by atoms with E-state index >= 15 is 0 Å². The number of aliphatic hydroxyl groups excluding tert-OH is 1. The highest BCUT2D eigenvalue weighted by molar-refractivity contribution is 5.59. The van der Waals surface area contributed by atoms with Gasteiger partial charge in [-0.3, -0.25) is 0 Å². The monoisotopic (exact) mass is 272 g/mol. The lowest BCUT2D eigenvalue weighted by Gasteiger charge is -2.37. The number of hydrogen-bond donors (Lipinski definition) is 1. The highest BCUT2D eigenvalue weighted by atomic mass is 16.3. The van der Waals surface area contributed by atoms with Gasteiger partial charge < -0.3 is 10.0 Å². The van der Waals surface area contributed by atoms with Crippen molar-refractivity contribution in [2.75, 3.05) is 11.4 Å². The standard InChI is InChI=1S/C17H24N2O/c1-3-19(15-7-5-4-6-8-15)17-11-14(12-18)9-10-16(17)13(2)20/h9-11,13,15,20H,3-8H2,1-2H3. The quantitative estimate of drug-likeness (QED) is 0.907. The summed E-state index contributed by atoms with van der Waals surface area (Å²) < 4.78 is 0. The van der Waals surface area contributed by atoms with Crippen LogP contribution in [0.3, 0.4) is 0 Å². The molecule has 0 saturated heterocycles. The highest BCUT2D eigenvalue weighted by Crippen LogP contribution is 2.33. The number of nitrogens with zero attached hydrogens (tertiary/aromatic N) is 2. The number of benzene rings is 1. The first-order valence-electron chi connectivity index (χ1n) is 7.66. The summed E-state index contributed by atoms with van der Waals surface area (Å²) in [4.78, 5) is 2.38. The highest BCUT2D eigenvalue weighted by Gasteiger charge is 2.23. The number of anilines is 1. The number of aliphatic hydroxyl groups is 1. The molecule has 1 unspecified atom stereocenters. The minimum atomic E-state index is -0.504. The summed E-state index contributed by atoms with van der Waals surface area (Å²) in [7, 11) is 0. The molecule has 108 valence electrons. The summed E-state index contributed by atoms with van der Waals surface area (Å²) in [6.07, 6.45) is 5.81. The molecule has 1 aromatic carbocycles. The van der Waals surface area contributed by atoms with Crippen molar-refractivity contribution >= 4 is 5.69 Å². The van der Waals surface area contributed by atoms with Crippen LogP contribution in [0.15, 0.2) is 18.2 Å². The van der Waals surface area contributed by atoms with Gasteiger partial charge in [-0.15, -0.1) is 0 Å². The smallest absolute Gasteiger partial charge is 0.0992 e. The first-order chi connectivity index (χ1) is 9.67. The molecule has 3 heteroatoms. The molecule has 0 aromatic heterocycles. The average Bonchev–Trinajstić information content (AvgIpc) is 2.48. The van der Waals surface area contributed by atoms with Crippen LogP contribution in [0, 0.1) is 11.3 Å². The molecule has 20 heavy (non-hydrogen) atoms. The van der Waals surface area contributed by atoms with Gasteiger partial charge in [0, 0.05) is 23.8 Å². The molecule has 1 aliphatic rings. The fourth-order valence-corrected chi connectivity index (χ4v) is 3.23. The molecule has 0 amide bonds. The van der Waals surface area contributed by atoms with E-state index in [0.29, 0.717) is 11.6 Å². The van der Waals surface area contributed by atoms with Crippen molar-refractivity contribution in [3.63, 3.8) is 0 Å². The average molecular weight is 272 g/mol. The third-order valence-electron chi connectivity index (χ3n) is 4.28. The van der Waals surface area contributed by atoms with Crippen molar-refractivity contribution in [3.8, 4) is 6.07 Å². The van der Waals surface area contributed by atoms with Gasteiger partial charge >= 0.3 is 0 Å². The summed E-state index contributed by atoms with van der Waals surface area (Å²) in [5.74, 6) is 0. The topological polar surface area (TPSA) is 47.3 Å². The van der Waals surface area contributed by atoms with E-state index in [1.165, 1.54) is 32.1 Å². The van der Waals surface area contributed by atoms with Crippen molar-refractivity contribution in [2.45, 2.75) is 58.1 Å². The Labute approximate surface area is 121 Å². The van der Waals surface area contributed by atoms with E-state index in [1.807, 2.05) is 12.1 Å². The fraction of sp³-hybridized carbons (Fsp3) is 0.588. The number of nitriles is 1. The fourth-order valence-electron chi connectivity index (χ4n) is 3.23. The predicted molar refractivity (Wildman–Crippen MR) is 81.7 cm³/mol. The van der Waals surface area contributed by atoms with Crippen molar-refractivity contribution in [1.29, 1.82) is 5.26 Å². The minimum absolute atomic E-state index is 0.504. The summed E-state index contributed by atoms with van der Waals surface area (Å²) >= 11 is 0. The first-order valence-corrected chi connectivity index (χ1v) is 7.66. The van der Waals surface area contributed by atoms with Crippen LogP contribution in [0.4, 0.5) is 5.69 Å². The second-order valence-electron chi connectivity index (χ2n) is 5.64. The Morgan fingerprint density at radius 3 is 2.60 bits per heavy atom. The maximum Gasteiger partial charge on any atom is 0.0992 e. The second kappa shape index (κ2) is 6.76. The summed E-state index contributed by atoms with van der Waals surface area (Å²) in [6.45, 7) is 4.86. The van der Waals surface area contributed by atoms with E-state index in [0.717, 1.165) is 17.8 Å². The van der Waals surface area contributed by atoms with Gasteiger partial charge in [-0.2, -0.15) is 5.26 Å². The molecule has 1 aromatic rings. The van der Waals surface area contributed by atoms with Gasteiger partial charge in [0.1, 0.15) is 0 Å². The number of rotatable bonds is 4. The Kier molecular flexibility index (Phi) is 5.03. The molecule has 0 radical (unpaired) electrons. The molecular weight excluding hydrogens is 248 g/mol. The molecule has 2 rings (SSSR count). The second-order valence-corrected chi connectivity index (χ2v) is 5.64. The third kappa shape index (κ3) is 3.13. The molecule has 0 aliphatic heterocycles. The van der Waals surface area contributed by atoms with Crippen LogP contribution in [-0.4, -0.2) is 17.7 Å². The zero-order valence-corrected chi connectivity index (χ0v) is 12.5. The molecule has 1 fully saturated rings. The van der Waals surface area contributed by atoms with Gasteiger partial charge in [0.05, 0.1) is 17.7 Å². The molecule has 0 spiro atoms. The van der Waals surface area contributed by atoms with Crippen LogP contribution in [0.1, 0.15) is 63.2 Å². The van der Waals surface area contributed by atoms with Crippen LogP contribution >= 0.6 is 0 Å². The van der Waals surface area contributed by atoms with Crippen LogP contribution < -0.4 is 4.90 Å². The molecule has 1 aliphatic carbocycles. The molecule has 0 heterocycles. The van der Waals surface area contributed by atoms with E-state index in [9.17, 15) is 5.11 Å². The maximum absolute atomic E-state index is 10.0. The molecule has 1 saturated carbocycles. The van der Waals surface area contributed by atoms with Gasteiger partial charge in [-0.1, -0.05) is 25.3 Å². The maximum atomic E-state index is 10.0.